The van der Waals surface area contributed by atoms with Crippen molar-refractivity contribution in [2.75, 3.05) is 7.11 Å². The van der Waals surface area contributed by atoms with Crippen LogP contribution in [0.4, 0.5) is 4.79 Å². The van der Waals surface area contributed by atoms with E-state index in [4.69, 9.17) is 9.15 Å². The van der Waals surface area contributed by atoms with Gasteiger partial charge in [-0.15, -0.1) is 0 Å². The lowest BCUT2D eigenvalue weighted by molar-refractivity contribution is -0.130. The van der Waals surface area contributed by atoms with Crippen LogP contribution in [0.15, 0.2) is 58.7 Å². The summed E-state index contributed by atoms with van der Waals surface area (Å²) in [5.74, 6) is -1.57. The summed E-state index contributed by atoms with van der Waals surface area (Å²) in [5.41, 5.74) is 2.88. The number of hydrogen-bond acceptors (Lipinski definition) is 6. The van der Waals surface area contributed by atoms with Gasteiger partial charge in [-0.1, -0.05) is 12.1 Å². The van der Waals surface area contributed by atoms with Crippen LogP contribution in [0.1, 0.15) is 33.1 Å². The van der Waals surface area contributed by atoms with Gasteiger partial charge in [0.2, 0.25) is 0 Å². The maximum Gasteiger partial charge on any atom is 0.339 e. The van der Waals surface area contributed by atoms with Crippen LogP contribution in [0.25, 0.3) is 11.8 Å². The van der Waals surface area contributed by atoms with E-state index in [-0.39, 0.29) is 12.1 Å². The average Bonchev–Trinajstić information content (AvgIpc) is 3.41. The molecule has 1 aromatic carbocycles. The van der Waals surface area contributed by atoms with E-state index in [1.807, 2.05) is 18.4 Å². The molecule has 0 saturated carbocycles. The van der Waals surface area contributed by atoms with Crippen LogP contribution >= 0.6 is 0 Å². The van der Waals surface area contributed by atoms with Crippen LogP contribution in [0.5, 0.6) is 0 Å². The van der Waals surface area contributed by atoms with E-state index in [1.165, 1.54) is 19.4 Å². The number of benzene rings is 1. The number of rotatable bonds is 5. The summed E-state index contributed by atoms with van der Waals surface area (Å²) in [6, 6.07) is 11.2. The maximum atomic E-state index is 13.0. The van der Waals surface area contributed by atoms with Crippen LogP contribution in [0, 0.1) is 13.8 Å². The molecular formula is C24H21N3O6. The van der Waals surface area contributed by atoms with Crippen LogP contribution < -0.4 is 5.32 Å². The predicted molar refractivity (Wildman–Crippen MR) is 117 cm³/mol. The number of ether oxygens (including phenoxy) is 1. The van der Waals surface area contributed by atoms with E-state index in [9.17, 15) is 19.2 Å². The Morgan fingerprint density at radius 1 is 1.12 bits per heavy atom. The molecule has 0 atom stereocenters. The Morgan fingerprint density at radius 2 is 1.88 bits per heavy atom. The van der Waals surface area contributed by atoms with Gasteiger partial charge in [0.1, 0.15) is 11.3 Å². The molecule has 4 rings (SSSR count). The molecule has 1 aliphatic heterocycles. The minimum atomic E-state index is -0.809. The maximum absolute atomic E-state index is 13.0. The molecule has 1 saturated heterocycles. The number of aromatic nitrogens is 1. The number of barbiturate groups is 1. The molecule has 1 N–H and O–H groups in total. The Bertz CT molecular complexity index is 1300. The van der Waals surface area contributed by atoms with Gasteiger partial charge in [0.05, 0.1) is 31.2 Å². The third-order valence-corrected chi connectivity index (χ3v) is 5.40. The van der Waals surface area contributed by atoms with Gasteiger partial charge in [0, 0.05) is 11.4 Å². The summed E-state index contributed by atoms with van der Waals surface area (Å²) in [4.78, 5) is 50.9. The van der Waals surface area contributed by atoms with Crippen molar-refractivity contribution in [1.29, 1.82) is 0 Å². The van der Waals surface area contributed by atoms with Crippen LogP contribution in [0.3, 0.4) is 0 Å². The Balaban J connectivity index is 1.74. The van der Waals surface area contributed by atoms with Gasteiger partial charge in [-0.2, -0.15) is 0 Å². The largest absolute Gasteiger partial charge is 0.467 e. The van der Waals surface area contributed by atoms with Crippen LogP contribution in [0.2, 0.25) is 0 Å². The highest BCUT2D eigenvalue weighted by atomic mass is 16.5. The number of methoxy groups -OCH3 is 1. The van der Waals surface area contributed by atoms with Crippen LogP contribution in [-0.4, -0.2) is 40.4 Å². The lowest BCUT2D eigenvalue weighted by Crippen LogP contribution is -2.53. The number of aryl methyl sites for hydroxylation is 1. The van der Waals surface area contributed by atoms with Gasteiger partial charge in [-0.25, -0.2) is 9.59 Å². The first kappa shape index (κ1) is 21.8. The Labute approximate surface area is 189 Å². The van der Waals surface area contributed by atoms with Crippen molar-refractivity contribution in [2.45, 2.75) is 20.4 Å². The minimum Gasteiger partial charge on any atom is -0.467 e. The Hall–Kier alpha value is -4.40. The Morgan fingerprint density at radius 3 is 2.58 bits per heavy atom. The third kappa shape index (κ3) is 3.96. The van der Waals surface area contributed by atoms with Crippen molar-refractivity contribution in [2.24, 2.45) is 0 Å². The number of nitrogens with one attached hydrogen (secondary N) is 1. The van der Waals surface area contributed by atoms with Crippen LogP contribution in [-0.2, 0) is 20.9 Å². The first-order chi connectivity index (χ1) is 15.8. The number of furan rings is 1. The fraction of sp³-hybridized carbons (Fsp3) is 0.167. The molecule has 2 aromatic heterocycles. The average molecular weight is 447 g/mol. The van der Waals surface area contributed by atoms with Gasteiger partial charge < -0.3 is 13.7 Å². The zero-order valence-electron chi connectivity index (χ0n) is 18.2. The number of amides is 4. The van der Waals surface area contributed by atoms with E-state index < -0.39 is 23.8 Å². The number of nitrogens with zero attached hydrogens (tertiary/aromatic N) is 2. The molecule has 3 aromatic rings. The highest BCUT2D eigenvalue weighted by Crippen LogP contribution is 2.26. The molecule has 0 unspecified atom stereocenters. The van der Waals surface area contributed by atoms with E-state index >= 15 is 0 Å². The predicted octanol–water partition coefficient (Wildman–Crippen LogP) is 3.14. The lowest BCUT2D eigenvalue weighted by Gasteiger charge is -2.25. The molecule has 0 spiro atoms. The number of para-hydroxylation sites is 1. The van der Waals surface area contributed by atoms with Crippen molar-refractivity contribution in [3.63, 3.8) is 0 Å². The highest BCUT2D eigenvalue weighted by molar-refractivity contribution is 6.31. The molecule has 1 fully saturated rings. The fourth-order valence-corrected chi connectivity index (χ4v) is 3.81. The van der Waals surface area contributed by atoms with Crippen molar-refractivity contribution in [3.8, 4) is 5.69 Å². The van der Waals surface area contributed by atoms with Gasteiger partial charge >= 0.3 is 12.0 Å². The molecule has 3 heterocycles. The highest BCUT2D eigenvalue weighted by Gasteiger charge is 2.36. The molecule has 9 heteroatoms. The topological polar surface area (TPSA) is 111 Å². The smallest absolute Gasteiger partial charge is 0.339 e. The molecule has 0 radical (unpaired) electrons. The molecule has 33 heavy (non-hydrogen) atoms. The van der Waals surface area contributed by atoms with Crippen molar-refractivity contribution in [1.82, 2.24) is 14.8 Å². The molecule has 0 aliphatic carbocycles. The molecule has 9 nitrogen and oxygen atoms in total. The standard InChI is InChI=1S/C24H21N3O6/c1-14-11-16(15(2)27(14)20-9-5-4-8-18(20)23(30)32-3)12-19-21(28)25-24(31)26(22(19)29)13-17-7-6-10-33-17/h4-12H,13H2,1-3H3,(H,25,28,31)/b19-12+. The van der Waals surface area contributed by atoms with E-state index in [0.717, 1.165) is 10.6 Å². The number of hydrogen-bond donors (Lipinski definition) is 1. The first-order valence-corrected chi connectivity index (χ1v) is 10.1. The van der Waals surface area contributed by atoms with E-state index in [1.54, 1.807) is 42.5 Å². The minimum absolute atomic E-state index is 0.103. The first-order valence-electron chi connectivity index (χ1n) is 10.1. The van der Waals surface area contributed by atoms with Crippen molar-refractivity contribution in [3.05, 3.63) is 82.6 Å². The number of imide groups is 2. The molecular weight excluding hydrogens is 426 g/mol. The lowest BCUT2D eigenvalue weighted by atomic mass is 10.1. The number of esters is 1. The Kier molecular flexibility index (Phi) is 5.70. The zero-order valence-corrected chi connectivity index (χ0v) is 18.2. The quantitative estimate of drug-likeness (QED) is 0.365. The SMILES string of the molecule is COC(=O)c1ccccc1-n1c(C)cc(/C=C2\C(=O)NC(=O)N(Cc3ccco3)C2=O)c1C. The van der Waals surface area contributed by atoms with Gasteiger partial charge in [0.25, 0.3) is 11.8 Å². The summed E-state index contributed by atoms with van der Waals surface area (Å²) in [6.07, 6.45) is 2.88. The zero-order chi connectivity index (χ0) is 23.7. The second-order valence-electron chi connectivity index (χ2n) is 7.46. The normalized spacial score (nSPS) is 15.2. The summed E-state index contributed by atoms with van der Waals surface area (Å²) in [7, 11) is 1.31. The number of carbonyl (C=O) groups is 4. The van der Waals surface area contributed by atoms with E-state index in [2.05, 4.69) is 5.32 Å². The summed E-state index contributed by atoms with van der Waals surface area (Å²) >= 11 is 0. The van der Waals surface area contributed by atoms with Crippen molar-refractivity contribution >= 4 is 29.9 Å². The fourth-order valence-electron chi connectivity index (χ4n) is 3.81. The third-order valence-electron chi connectivity index (χ3n) is 5.40. The molecule has 0 bridgehead atoms. The number of carbonyl (C=O) groups excluding carboxylic acids is 4. The van der Waals surface area contributed by atoms with Crippen molar-refractivity contribution < 1.29 is 28.3 Å². The molecule has 1 aliphatic rings. The monoisotopic (exact) mass is 447 g/mol. The van der Waals surface area contributed by atoms with E-state index in [0.29, 0.717) is 28.3 Å². The molecule has 168 valence electrons. The summed E-state index contributed by atoms with van der Waals surface area (Å²) < 4.78 is 12.0. The van der Waals surface area contributed by atoms with Gasteiger partial charge in [-0.05, 0) is 55.8 Å². The summed E-state index contributed by atoms with van der Waals surface area (Å²) in [6.45, 7) is 3.55. The van der Waals surface area contributed by atoms with Gasteiger partial charge in [-0.3, -0.25) is 19.8 Å². The summed E-state index contributed by atoms with van der Waals surface area (Å²) in [5, 5.41) is 2.20. The number of urea groups is 1. The molecule has 4 amide bonds. The van der Waals surface area contributed by atoms with Gasteiger partial charge in [0.15, 0.2) is 0 Å². The second-order valence-corrected chi connectivity index (χ2v) is 7.46. The second kappa shape index (κ2) is 8.62.